The Labute approximate surface area is 156 Å². The minimum absolute atomic E-state index is 0.122. The van der Waals surface area contributed by atoms with Crippen molar-refractivity contribution in [1.82, 2.24) is 25.8 Å². The molecule has 2 atom stereocenters. The summed E-state index contributed by atoms with van der Waals surface area (Å²) in [5, 5.41) is 9.71. The van der Waals surface area contributed by atoms with Gasteiger partial charge in [-0.05, 0) is 38.8 Å². The van der Waals surface area contributed by atoms with E-state index in [2.05, 4.69) is 58.5 Å². The van der Waals surface area contributed by atoms with E-state index in [0.29, 0.717) is 36.7 Å². The lowest BCUT2D eigenvalue weighted by molar-refractivity contribution is 0.0954. The molecule has 1 aliphatic rings. The lowest BCUT2D eigenvalue weighted by atomic mass is 10.1. The van der Waals surface area contributed by atoms with Crippen LogP contribution in [0.3, 0.4) is 0 Å². The van der Waals surface area contributed by atoms with Gasteiger partial charge in [-0.1, -0.05) is 6.92 Å². The Bertz CT molecular complexity index is 589. The molecule has 1 aromatic rings. The highest BCUT2D eigenvalue weighted by molar-refractivity contribution is 5.93. The Morgan fingerprint density at radius 3 is 2.81 bits per heavy atom. The third kappa shape index (κ3) is 5.98. The number of nitrogens with one attached hydrogen (secondary N) is 3. The predicted octanol–water partition coefficient (Wildman–Crippen LogP) is 1.10. The lowest BCUT2D eigenvalue weighted by Gasteiger charge is -2.22. The summed E-state index contributed by atoms with van der Waals surface area (Å²) in [4.78, 5) is 23.0. The monoisotopic (exact) mass is 360 g/mol. The molecular formula is C19H32N6O. The summed E-state index contributed by atoms with van der Waals surface area (Å²) in [5.41, 5.74) is 0.565. The van der Waals surface area contributed by atoms with Gasteiger partial charge >= 0.3 is 0 Å². The Morgan fingerprint density at radius 2 is 2.19 bits per heavy atom. The molecule has 1 fully saturated rings. The van der Waals surface area contributed by atoms with E-state index in [1.165, 1.54) is 0 Å². The number of likely N-dealkylation sites (tertiary alicyclic amines) is 1. The number of hydrogen-bond acceptors (Lipinski definition) is 4. The topological polar surface area (TPSA) is 81.6 Å². The summed E-state index contributed by atoms with van der Waals surface area (Å²) < 4.78 is 0. The molecule has 144 valence electrons. The molecule has 1 saturated heterocycles. The summed E-state index contributed by atoms with van der Waals surface area (Å²) in [7, 11) is 0. The van der Waals surface area contributed by atoms with Gasteiger partial charge in [0.2, 0.25) is 0 Å². The van der Waals surface area contributed by atoms with Crippen LogP contribution in [0, 0.1) is 5.92 Å². The first-order valence-corrected chi connectivity index (χ1v) is 9.48. The first kappa shape index (κ1) is 20.2. The van der Waals surface area contributed by atoms with E-state index in [0.717, 1.165) is 25.6 Å². The maximum Gasteiger partial charge on any atom is 0.252 e. The summed E-state index contributed by atoms with van der Waals surface area (Å²) in [6.45, 7) is 12.8. The maximum atomic E-state index is 12.0. The van der Waals surface area contributed by atoms with Crippen molar-refractivity contribution in [3.8, 4) is 0 Å². The third-order valence-electron chi connectivity index (χ3n) is 4.63. The molecule has 1 amide bonds. The minimum atomic E-state index is -0.122. The number of rotatable bonds is 7. The van der Waals surface area contributed by atoms with Crippen molar-refractivity contribution in [3.63, 3.8) is 0 Å². The van der Waals surface area contributed by atoms with Crippen molar-refractivity contribution in [2.45, 2.75) is 39.8 Å². The molecule has 2 heterocycles. The Hall–Kier alpha value is -2.15. The number of carbonyl (C=O) groups excluding carboxylic acids is 1. The molecular weight excluding hydrogens is 328 g/mol. The largest absolute Gasteiger partial charge is 0.357 e. The van der Waals surface area contributed by atoms with Gasteiger partial charge in [-0.3, -0.25) is 19.7 Å². The van der Waals surface area contributed by atoms with Gasteiger partial charge in [0, 0.05) is 50.7 Å². The summed E-state index contributed by atoms with van der Waals surface area (Å²) >= 11 is 0. The number of amides is 1. The van der Waals surface area contributed by atoms with Crippen molar-refractivity contribution in [3.05, 3.63) is 30.1 Å². The fourth-order valence-corrected chi connectivity index (χ4v) is 3.05. The number of aliphatic imine (C=N–C) groups is 1. The number of aromatic nitrogens is 1. The van der Waals surface area contributed by atoms with Crippen LogP contribution in [0.15, 0.2) is 29.5 Å². The van der Waals surface area contributed by atoms with Crippen LogP contribution >= 0.6 is 0 Å². The fourth-order valence-electron chi connectivity index (χ4n) is 3.05. The zero-order chi connectivity index (χ0) is 18.9. The maximum absolute atomic E-state index is 12.0. The van der Waals surface area contributed by atoms with E-state index in [-0.39, 0.29) is 5.91 Å². The second kappa shape index (κ2) is 10.1. The van der Waals surface area contributed by atoms with Crippen LogP contribution in [0.1, 0.15) is 38.1 Å². The van der Waals surface area contributed by atoms with Crippen molar-refractivity contribution in [2.75, 3.05) is 32.7 Å². The average molecular weight is 361 g/mol. The van der Waals surface area contributed by atoms with Crippen LogP contribution in [0.25, 0.3) is 0 Å². The van der Waals surface area contributed by atoms with Crippen LogP contribution in [0.5, 0.6) is 0 Å². The molecule has 0 aliphatic carbocycles. The molecule has 2 rings (SSSR count). The van der Waals surface area contributed by atoms with Gasteiger partial charge in [0.15, 0.2) is 5.96 Å². The minimum Gasteiger partial charge on any atom is -0.357 e. The molecule has 0 radical (unpaired) electrons. The SMILES string of the molecule is CCNC(=NCCNC(=O)c1cccnc1)NC1CN(C(C)C)CC1C. The number of pyridine rings is 1. The molecule has 1 aliphatic heterocycles. The Balaban J connectivity index is 1.82. The van der Waals surface area contributed by atoms with E-state index in [1.54, 1.807) is 24.5 Å². The average Bonchev–Trinajstić information content (AvgIpc) is 3.00. The number of guanidine groups is 1. The quantitative estimate of drug-likeness (QED) is 0.385. The van der Waals surface area contributed by atoms with E-state index >= 15 is 0 Å². The second-order valence-electron chi connectivity index (χ2n) is 7.03. The van der Waals surface area contributed by atoms with Crippen molar-refractivity contribution in [1.29, 1.82) is 0 Å². The predicted molar refractivity (Wildman–Crippen MR) is 105 cm³/mol. The molecule has 3 N–H and O–H groups in total. The van der Waals surface area contributed by atoms with Crippen molar-refractivity contribution in [2.24, 2.45) is 10.9 Å². The van der Waals surface area contributed by atoms with Crippen molar-refractivity contribution < 1.29 is 4.79 Å². The fraction of sp³-hybridized carbons (Fsp3) is 0.632. The normalized spacial score (nSPS) is 21.0. The van der Waals surface area contributed by atoms with E-state index in [9.17, 15) is 4.79 Å². The number of hydrogen-bond donors (Lipinski definition) is 3. The Morgan fingerprint density at radius 1 is 1.38 bits per heavy atom. The second-order valence-corrected chi connectivity index (χ2v) is 7.03. The van der Waals surface area contributed by atoms with Gasteiger partial charge in [0.1, 0.15) is 0 Å². The molecule has 0 aromatic carbocycles. The highest BCUT2D eigenvalue weighted by Crippen LogP contribution is 2.18. The lowest BCUT2D eigenvalue weighted by Crippen LogP contribution is -2.47. The van der Waals surface area contributed by atoms with Gasteiger partial charge in [0.05, 0.1) is 12.1 Å². The van der Waals surface area contributed by atoms with Crippen molar-refractivity contribution >= 4 is 11.9 Å². The van der Waals surface area contributed by atoms with Crippen LogP contribution in [0.4, 0.5) is 0 Å². The van der Waals surface area contributed by atoms with Gasteiger partial charge in [-0.2, -0.15) is 0 Å². The number of carbonyl (C=O) groups is 1. The van der Waals surface area contributed by atoms with E-state index < -0.39 is 0 Å². The van der Waals surface area contributed by atoms with Gasteiger partial charge < -0.3 is 16.0 Å². The molecule has 0 spiro atoms. The molecule has 7 heteroatoms. The van der Waals surface area contributed by atoms with Gasteiger partial charge in [0.25, 0.3) is 5.91 Å². The van der Waals surface area contributed by atoms with Crippen LogP contribution in [-0.2, 0) is 0 Å². The van der Waals surface area contributed by atoms with Crippen LogP contribution < -0.4 is 16.0 Å². The standard InChI is InChI=1S/C19H32N6O/c1-5-21-19(24-17-13-25(14(2)3)12-15(17)4)23-10-9-22-18(26)16-7-6-8-20-11-16/h6-8,11,14-15,17H,5,9-10,12-13H2,1-4H3,(H,22,26)(H2,21,23,24). The first-order chi connectivity index (χ1) is 12.5. The van der Waals surface area contributed by atoms with Crippen LogP contribution in [0.2, 0.25) is 0 Å². The van der Waals surface area contributed by atoms with Crippen LogP contribution in [-0.4, -0.2) is 66.6 Å². The molecule has 0 saturated carbocycles. The molecule has 0 bridgehead atoms. The summed E-state index contributed by atoms with van der Waals surface area (Å²) in [6, 6.07) is 4.45. The van der Waals surface area contributed by atoms with Gasteiger partial charge in [-0.25, -0.2) is 0 Å². The highest BCUT2D eigenvalue weighted by Gasteiger charge is 2.31. The zero-order valence-corrected chi connectivity index (χ0v) is 16.3. The zero-order valence-electron chi connectivity index (χ0n) is 16.3. The molecule has 1 aromatic heterocycles. The highest BCUT2D eigenvalue weighted by atomic mass is 16.1. The summed E-state index contributed by atoms with van der Waals surface area (Å²) in [6.07, 6.45) is 3.21. The molecule has 7 nitrogen and oxygen atoms in total. The first-order valence-electron chi connectivity index (χ1n) is 9.48. The van der Waals surface area contributed by atoms with Gasteiger partial charge in [-0.15, -0.1) is 0 Å². The Kier molecular flexibility index (Phi) is 7.84. The smallest absolute Gasteiger partial charge is 0.252 e. The molecule has 2 unspecified atom stereocenters. The number of nitrogens with zero attached hydrogens (tertiary/aromatic N) is 3. The third-order valence-corrected chi connectivity index (χ3v) is 4.63. The summed E-state index contributed by atoms with van der Waals surface area (Å²) in [5.74, 6) is 1.26. The molecule has 26 heavy (non-hydrogen) atoms. The van der Waals surface area contributed by atoms with E-state index in [4.69, 9.17) is 0 Å². The van der Waals surface area contributed by atoms with E-state index in [1.807, 2.05) is 0 Å².